The zero-order valence-electron chi connectivity index (χ0n) is 13.8. The van der Waals surface area contributed by atoms with Gasteiger partial charge in [-0.15, -0.1) is 0 Å². The lowest BCUT2D eigenvalue weighted by Gasteiger charge is -2.16. The summed E-state index contributed by atoms with van der Waals surface area (Å²) in [4.78, 5) is 24.8. The molecule has 0 aliphatic heterocycles. The molecule has 0 saturated heterocycles. The van der Waals surface area contributed by atoms with Gasteiger partial charge in [-0.2, -0.15) is 0 Å². The molecule has 0 radical (unpaired) electrons. The highest BCUT2D eigenvalue weighted by atomic mass is 35.5. The zero-order valence-corrected chi connectivity index (χ0v) is 14.6. The van der Waals surface area contributed by atoms with Gasteiger partial charge in [0.05, 0.1) is 5.69 Å². The highest BCUT2D eigenvalue weighted by Gasteiger charge is 2.56. The first-order valence-electron chi connectivity index (χ1n) is 8.20. The number of rotatable bonds is 6. The fraction of sp³-hybridized carbons (Fsp3) is 0.263. The topological polar surface area (TPSA) is 58.2 Å². The number of anilines is 1. The minimum Gasteiger partial charge on any atom is -0.355 e. The number of amides is 2. The van der Waals surface area contributed by atoms with E-state index in [1.54, 1.807) is 12.1 Å². The third kappa shape index (κ3) is 4.02. The summed E-state index contributed by atoms with van der Waals surface area (Å²) in [6, 6.07) is 10.1. The first kappa shape index (κ1) is 18.3. The van der Waals surface area contributed by atoms with Crippen molar-refractivity contribution in [3.63, 3.8) is 0 Å². The maximum Gasteiger partial charge on any atom is 0.240 e. The summed E-state index contributed by atoms with van der Waals surface area (Å²) in [7, 11) is 0. The average molecular weight is 379 g/mol. The smallest absolute Gasteiger partial charge is 0.240 e. The Labute approximate surface area is 154 Å². The number of halogens is 3. The molecule has 1 aliphatic carbocycles. The second kappa shape index (κ2) is 7.41. The van der Waals surface area contributed by atoms with Crippen molar-refractivity contribution in [1.29, 1.82) is 0 Å². The van der Waals surface area contributed by atoms with E-state index < -0.39 is 23.0 Å². The van der Waals surface area contributed by atoms with E-state index in [0.29, 0.717) is 36.9 Å². The Morgan fingerprint density at radius 1 is 1.04 bits per heavy atom. The number of carbonyl (C=O) groups is 2. The van der Waals surface area contributed by atoms with Crippen LogP contribution in [0, 0.1) is 17.0 Å². The van der Waals surface area contributed by atoms with Crippen molar-refractivity contribution in [3.05, 3.63) is 64.7 Å². The van der Waals surface area contributed by atoms with Crippen LogP contribution in [0.2, 0.25) is 5.02 Å². The molecule has 0 atom stereocenters. The van der Waals surface area contributed by atoms with E-state index in [2.05, 4.69) is 10.6 Å². The van der Waals surface area contributed by atoms with Crippen LogP contribution in [0.1, 0.15) is 18.4 Å². The number of benzene rings is 2. The lowest BCUT2D eigenvalue weighted by atomic mass is 10.0. The Kier molecular flexibility index (Phi) is 5.23. The fourth-order valence-electron chi connectivity index (χ4n) is 2.66. The van der Waals surface area contributed by atoms with Gasteiger partial charge in [-0.05, 0) is 49.1 Å². The van der Waals surface area contributed by atoms with Gasteiger partial charge in [0, 0.05) is 17.6 Å². The molecule has 0 bridgehead atoms. The molecule has 0 spiro atoms. The van der Waals surface area contributed by atoms with Gasteiger partial charge < -0.3 is 10.6 Å². The molecule has 4 nitrogen and oxygen atoms in total. The highest BCUT2D eigenvalue weighted by molar-refractivity contribution is 6.30. The largest absolute Gasteiger partial charge is 0.355 e. The van der Waals surface area contributed by atoms with Crippen molar-refractivity contribution >= 4 is 29.1 Å². The first-order valence-corrected chi connectivity index (χ1v) is 8.58. The second-order valence-electron chi connectivity index (χ2n) is 6.29. The van der Waals surface area contributed by atoms with Crippen molar-refractivity contribution in [3.8, 4) is 0 Å². The van der Waals surface area contributed by atoms with Gasteiger partial charge in [-0.1, -0.05) is 23.7 Å². The minimum absolute atomic E-state index is 0.142. The maximum atomic E-state index is 13.7. The molecule has 136 valence electrons. The van der Waals surface area contributed by atoms with Crippen LogP contribution in [0.3, 0.4) is 0 Å². The van der Waals surface area contributed by atoms with Crippen LogP contribution in [-0.4, -0.2) is 18.4 Å². The summed E-state index contributed by atoms with van der Waals surface area (Å²) in [6.45, 7) is 0.375. The monoisotopic (exact) mass is 378 g/mol. The Balaban J connectivity index is 1.56. The van der Waals surface area contributed by atoms with Crippen molar-refractivity contribution in [2.45, 2.75) is 19.3 Å². The second-order valence-corrected chi connectivity index (χ2v) is 6.73. The molecule has 1 saturated carbocycles. The number of hydrogen-bond donors (Lipinski definition) is 2. The molecule has 1 fully saturated rings. The molecule has 2 N–H and O–H groups in total. The summed E-state index contributed by atoms with van der Waals surface area (Å²) < 4.78 is 26.6. The van der Waals surface area contributed by atoms with Crippen molar-refractivity contribution in [2.75, 3.05) is 11.9 Å². The lowest BCUT2D eigenvalue weighted by Crippen LogP contribution is -2.40. The Hall–Kier alpha value is -2.47. The normalized spacial score (nSPS) is 14.6. The fourth-order valence-corrected chi connectivity index (χ4v) is 2.78. The zero-order chi connectivity index (χ0) is 18.7. The van der Waals surface area contributed by atoms with E-state index in [1.165, 1.54) is 0 Å². The molecule has 2 amide bonds. The SMILES string of the molecule is O=C(NCCc1ccc(Cl)cc1)C1(C(=O)Nc2ccc(F)cc2F)CC1. The van der Waals surface area contributed by atoms with Gasteiger partial charge in [-0.3, -0.25) is 9.59 Å². The van der Waals surface area contributed by atoms with E-state index in [0.717, 1.165) is 17.7 Å². The lowest BCUT2D eigenvalue weighted by molar-refractivity contribution is -0.134. The van der Waals surface area contributed by atoms with Crippen LogP contribution in [0.5, 0.6) is 0 Å². The van der Waals surface area contributed by atoms with Gasteiger partial charge in [0.2, 0.25) is 11.8 Å². The minimum atomic E-state index is -1.18. The molecule has 1 aliphatic rings. The van der Waals surface area contributed by atoms with E-state index in [4.69, 9.17) is 11.6 Å². The number of carbonyl (C=O) groups excluding carboxylic acids is 2. The summed E-state index contributed by atoms with van der Waals surface area (Å²) in [6.07, 6.45) is 1.40. The molecule has 2 aromatic rings. The molecule has 0 aromatic heterocycles. The van der Waals surface area contributed by atoms with Crippen molar-refractivity contribution < 1.29 is 18.4 Å². The molecule has 26 heavy (non-hydrogen) atoms. The molecular formula is C19H17ClF2N2O2. The predicted octanol–water partition coefficient (Wildman–Crippen LogP) is 3.70. The molecule has 3 rings (SSSR count). The van der Waals surface area contributed by atoms with E-state index in [1.807, 2.05) is 12.1 Å². The Bertz CT molecular complexity index is 836. The van der Waals surface area contributed by atoms with Crippen molar-refractivity contribution in [2.24, 2.45) is 5.41 Å². The molecule has 0 unspecified atom stereocenters. The molecule has 0 heterocycles. The molecular weight excluding hydrogens is 362 g/mol. The van der Waals surface area contributed by atoms with Crippen LogP contribution >= 0.6 is 11.6 Å². The Morgan fingerprint density at radius 3 is 2.35 bits per heavy atom. The Morgan fingerprint density at radius 2 is 1.73 bits per heavy atom. The van der Waals surface area contributed by atoms with Gasteiger partial charge >= 0.3 is 0 Å². The van der Waals surface area contributed by atoms with Crippen LogP contribution in [-0.2, 0) is 16.0 Å². The summed E-state index contributed by atoms with van der Waals surface area (Å²) >= 11 is 5.82. The van der Waals surface area contributed by atoms with E-state index in [9.17, 15) is 18.4 Å². The maximum absolute atomic E-state index is 13.7. The van der Waals surface area contributed by atoms with Gasteiger partial charge in [-0.25, -0.2) is 8.78 Å². The average Bonchev–Trinajstić information content (AvgIpc) is 3.41. The standard InChI is InChI=1S/C19H17ClF2N2O2/c20-13-3-1-12(2-4-13)7-10-23-17(25)19(8-9-19)18(26)24-16-6-5-14(21)11-15(16)22/h1-6,11H,7-10H2,(H,23,25)(H,24,26). The summed E-state index contributed by atoms with van der Waals surface area (Å²) in [5.41, 5.74) is -0.310. The predicted molar refractivity (Wildman–Crippen MR) is 94.8 cm³/mol. The van der Waals surface area contributed by atoms with Gasteiger partial charge in [0.15, 0.2) is 0 Å². The van der Waals surface area contributed by atoms with Gasteiger partial charge in [0.25, 0.3) is 0 Å². The van der Waals surface area contributed by atoms with E-state index >= 15 is 0 Å². The molecule has 7 heteroatoms. The van der Waals surface area contributed by atoms with Crippen LogP contribution in [0.25, 0.3) is 0 Å². The third-order valence-electron chi connectivity index (χ3n) is 4.41. The summed E-state index contributed by atoms with van der Waals surface area (Å²) in [5.74, 6) is -2.57. The number of hydrogen-bond acceptors (Lipinski definition) is 2. The van der Waals surface area contributed by atoms with Gasteiger partial charge in [0.1, 0.15) is 17.0 Å². The highest BCUT2D eigenvalue weighted by Crippen LogP contribution is 2.47. The first-order chi connectivity index (χ1) is 12.4. The van der Waals surface area contributed by atoms with Crippen LogP contribution in [0.15, 0.2) is 42.5 Å². The van der Waals surface area contributed by atoms with Crippen LogP contribution < -0.4 is 10.6 Å². The van der Waals surface area contributed by atoms with E-state index in [-0.39, 0.29) is 11.6 Å². The van der Waals surface area contributed by atoms with Crippen molar-refractivity contribution in [1.82, 2.24) is 5.32 Å². The van der Waals surface area contributed by atoms with Crippen LogP contribution in [0.4, 0.5) is 14.5 Å². The summed E-state index contributed by atoms with van der Waals surface area (Å²) in [5, 5.41) is 5.77. The third-order valence-corrected chi connectivity index (χ3v) is 4.66. The number of nitrogens with one attached hydrogen (secondary N) is 2. The quantitative estimate of drug-likeness (QED) is 0.753. The molecule has 2 aromatic carbocycles.